The SMILES string of the molecule is CC(C)(C)OC(=O)CCCC(=O)N1CCC(c2cn(-c3ccc(Cl)cc3)c3cnccc23)CC1. The van der Waals surface area contributed by atoms with Gasteiger partial charge in [0.25, 0.3) is 0 Å². The second-order valence-electron chi connectivity index (χ2n) is 9.92. The zero-order valence-corrected chi connectivity index (χ0v) is 20.8. The molecule has 1 fully saturated rings. The van der Waals surface area contributed by atoms with Crippen LogP contribution in [-0.4, -0.2) is 45.0 Å². The van der Waals surface area contributed by atoms with Gasteiger partial charge in [-0.15, -0.1) is 0 Å². The fourth-order valence-corrected chi connectivity index (χ4v) is 4.74. The van der Waals surface area contributed by atoms with Gasteiger partial charge in [-0.25, -0.2) is 0 Å². The third-order valence-corrected chi connectivity index (χ3v) is 6.47. The molecule has 1 aliphatic rings. The summed E-state index contributed by atoms with van der Waals surface area (Å²) in [6.45, 7) is 7.01. The number of carbonyl (C=O) groups is 2. The lowest BCUT2D eigenvalue weighted by Crippen LogP contribution is -2.37. The normalized spacial score (nSPS) is 15.0. The Morgan fingerprint density at radius 2 is 1.79 bits per heavy atom. The van der Waals surface area contributed by atoms with Crippen LogP contribution >= 0.6 is 11.6 Å². The Morgan fingerprint density at radius 1 is 1.09 bits per heavy atom. The van der Waals surface area contributed by atoms with Crippen LogP contribution in [0.15, 0.2) is 48.9 Å². The number of hydrogen-bond acceptors (Lipinski definition) is 4. The van der Waals surface area contributed by atoms with Crippen molar-refractivity contribution >= 4 is 34.4 Å². The second-order valence-corrected chi connectivity index (χ2v) is 10.4. The van der Waals surface area contributed by atoms with E-state index in [1.165, 1.54) is 10.9 Å². The number of halogens is 1. The highest BCUT2D eigenvalue weighted by Crippen LogP contribution is 2.35. The summed E-state index contributed by atoms with van der Waals surface area (Å²) in [5.74, 6) is 0.254. The van der Waals surface area contributed by atoms with Crippen molar-refractivity contribution < 1.29 is 14.3 Å². The van der Waals surface area contributed by atoms with E-state index in [2.05, 4.69) is 21.8 Å². The van der Waals surface area contributed by atoms with Gasteiger partial charge in [-0.05, 0) is 81.8 Å². The van der Waals surface area contributed by atoms with Crippen LogP contribution in [-0.2, 0) is 14.3 Å². The number of benzene rings is 1. The molecule has 180 valence electrons. The highest BCUT2D eigenvalue weighted by molar-refractivity contribution is 6.30. The Hall–Kier alpha value is -2.86. The zero-order chi connectivity index (χ0) is 24.3. The summed E-state index contributed by atoms with van der Waals surface area (Å²) in [5.41, 5.74) is 2.92. The van der Waals surface area contributed by atoms with Crippen molar-refractivity contribution in [2.24, 2.45) is 0 Å². The third kappa shape index (κ3) is 5.79. The van der Waals surface area contributed by atoms with Crippen LogP contribution in [0.1, 0.15) is 64.4 Å². The Balaban J connectivity index is 1.38. The Morgan fingerprint density at radius 3 is 2.47 bits per heavy atom. The van der Waals surface area contributed by atoms with Crippen molar-refractivity contribution in [3.8, 4) is 5.69 Å². The minimum absolute atomic E-state index is 0.120. The van der Waals surface area contributed by atoms with Gasteiger partial charge < -0.3 is 14.2 Å². The molecule has 0 aliphatic carbocycles. The van der Waals surface area contributed by atoms with Gasteiger partial charge in [0.2, 0.25) is 5.91 Å². The van der Waals surface area contributed by atoms with Crippen LogP contribution in [0.5, 0.6) is 0 Å². The number of piperidine rings is 1. The Kier molecular flexibility index (Phi) is 7.27. The summed E-state index contributed by atoms with van der Waals surface area (Å²) in [4.78, 5) is 30.8. The summed E-state index contributed by atoms with van der Waals surface area (Å²) in [6.07, 6.45) is 8.95. The van der Waals surface area contributed by atoms with Gasteiger partial charge in [0.15, 0.2) is 0 Å². The first kappa shape index (κ1) is 24.3. The number of rotatable bonds is 6. The van der Waals surface area contributed by atoms with Crippen LogP contribution in [0.25, 0.3) is 16.6 Å². The highest BCUT2D eigenvalue weighted by Gasteiger charge is 2.26. The second kappa shape index (κ2) is 10.2. The third-order valence-electron chi connectivity index (χ3n) is 6.22. The largest absolute Gasteiger partial charge is 0.460 e. The molecule has 4 rings (SSSR count). The quantitative estimate of drug-likeness (QED) is 0.411. The predicted molar refractivity (Wildman–Crippen MR) is 134 cm³/mol. The minimum atomic E-state index is -0.490. The minimum Gasteiger partial charge on any atom is -0.460 e. The van der Waals surface area contributed by atoms with Crippen LogP contribution in [0.4, 0.5) is 0 Å². The van der Waals surface area contributed by atoms with Gasteiger partial charge in [-0.1, -0.05) is 11.6 Å². The summed E-state index contributed by atoms with van der Waals surface area (Å²) in [5, 5.41) is 1.91. The number of likely N-dealkylation sites (tertiary alicyclic amines) is 1. The van der Waals surface area contributed by atoms with E-state index in [1.807, 2.05) is 62.3 Å². The first-order valence-electron chi connectivity index (χ1n) is 11.9. The van der Waals surface area contributed by atoms with Crippen LogP contribution in [0.3, 0.4) is 0 Å². The molecule has 7 heteroatoms. The first-order chi connectivity index (χ1) is 16.2. The lowest BCUT2D eigenvalue weighted by molar-refractivity contribution is -0.154. The number of hydrogen-bond donors (Lipinski definition) is 0. The molecule has 0 atom stereocenters. The molecule has 0 unspecified atom stereocenters. The van der Waals surface area contributed by atoms with E-state index in [1.54, 1.807) is 0 Å². The molecule has 3 aromatic rings. The van der Waals surface area contributed by atoms with Gasteiger partial charge >= 0.3 is 5.97 Å². The van der Waals surface area contributed by atoms with Crippen LogP contribution < -0.4 is 0 Å². The van der Waals surface area contributed by atoms with Crippen molar-refractivity contribution in [1.29, 1.82) is 0 Å². The molecular formula is C27H32ClN3O3. The fourth-order valence-electron chi connectivity index (χ4n) is 4.62. The lowest BCUT2D eigenvalue weighted by Gasteiger charge is -2.32. The molecule has 2 aromatic heterocycles. The summed E-state index contributed by atoms with van der Waals surface area (Å²) < 4.78 is 7.49. The molecule has 1 aliphatic heterocycles. The number of esters is 1. The Labute approximate surface area is 205 Å². The lowest BCUT2D eigenvalue weighted by atomic mass is 9.89. The van der Waals surface area contributed by atoms with Crippen molar-refractivity contribution in [2.75, 3.05) is 13.1 Å². The number of ether oxygens (including phenoxy) is 1. The molecule has 0 spiro atoms. The maximum atomic E-state index is 12.7. The molecule has 0 N–H and O–H groups in total. The summed E-state index contributed by atoms with van der Waals surface area (Å²) >= 11 is 6.08. The summed E-state index contributed by atoms with van der Waals surface area (Å²) in [6, 6.07) is 9.89. The number of amides is 1. The van der Waals surface area contributed by atoms with E-state index in [4.69, 9.17) is 16.3 Å². The van der Waals surface area contributed by atoms with E-state index in [-0.39, 0.29) is 18.3 Å². The molecule has 34 heavy (non-hydrogen) atoms. The number of aromatic nitrogens is 2. The van der Waals surface area contributed by atoms with Gasteiger partial charge in [-0.3, -0.25) is 14.6 Å². The van der Waals surface area contributed by atoms with Crippen LogP contribution in [0, 0.1) is 0 Å². The van der Waals surface area contributed by atoms with E-state index in [0.29, 0.717) is 23.8 Å². The van der Waals surface area contributed by atoms with E-state index in [9.17, 15) is 9.59 Å². The first-order valence-corrected chi connectivity index (χ1v) is 12.3. The standard InChI is InChI=1S/C27H32ClN3O3/c1-27(2,3)34-26(33)6-4-5-25(32)30-15-12-19(13-16-30)23-18-31(21-9-7-20(28)8-10-21)24-17-29-14-11-22(23)24/h7-11,14,17-19H,4-6,12-13,15-16H2,1-3H3. The van der Waals surface area contributed by atoms with Crippen molar-refractivity contribution in [3.05, 3.63) is 59.5 Å². The highest BCUT2D eigenvalue weighted by atomic mass is 35.5. The number of fused-ring (bicyclic) bond motifs is 1. The fraction of sp³-hybridized carbons (Fsp3) is 0.444. The van der Waals surface area contributed by atoms with Crippen molar-refractivity contribution in [2.45, 2.75) is 64.4 Å². The average molecular weight is 482 g/mol. The average Bonchev–Trinajstić information content (AvgIpc) is 3.18. The van der Waals surface area contributed by atoms with Gasteiger partial charge in [0.05, 0.1) is 11.7 Å². The maximum absolute atomic E-state index is 12.7. The van der Waals surface area contributed by atoms with Crippen molar-refractivity contribution in [3.63, 3.8) is 0 Å². The van der Waals surface area contributed by atoms with Crippen LogP contribution in [0.2, 0.25) is 5.02 Å². The topological polar surface area (TPSA) is 64.4 Å². The Bertz CT molecular complexity index is 1160. The van der Waals surface area contributed by atoms with E-state index in [0.717, 1.165) is 37.1 Å². The number of carbonyl (C=O) groups excluding carboxylic acids is 2. The smallest absolute Gasteiger partial charge is 0.306 e. The molecule has 6 nitrogen and oxygen atoms in total. The maximum Gasteiger partial charge on any atom is 0.306 e. The van der Waals surface area contributed by atoms with E-state index < -0.39 is 5.60 Å². The number of nitrogens with zero attached hydrogens (tertiary/aromatic N) is 3. The molecule has 0 bridgehead atoms. The zero-order valence-electron chi connectivity index (χ0n) is 20.1. The van der Waals surface area contributed by atoms with Gasteiger partial charge in [-0.2, -0.15) is 0 Å². The molecule has 1 amide bonds. The predicted octanol–water partition coefficient (Wildman–Crippen LogP) is 5.90. The van der Waals surface area contributed by atoms with Crippen molar-refractivity contribution in [1.82, 2.24) is 14.5 Å². The molecule has 3 heterocycles. The monoisotopic (exact) mass is 481 g/mol. The van der Waals surface area contributed by atoms with Gasteiger partial charge in [0.1, 0.15) is 5.60 Å². The summed E-state index contributed by atoms with van der Waals surface area (Å²) in [7, 11) is 0. The van der Waals surface area contributed by atoms with E-state index >= 15 is 0 Å². The van der Waals surface area contributed by atoms with Gasteiger partial charge in [0, 0.05) is 54.4 Å². The molecule has 0 radical (unpaired) electrons. The molecular weight excluding hydrogens is 450 g/mol. The molecule has 1 saturated heterocycles. The number of pyridine rings is 1. The molecule has 0 saturated carbocycles. The molecule has 1 aromatic carbocycles.